The van der Waals surface area contributed by atoms with Gasteiger partial charge in [0, 0.05) is 24.3 Å². The fourth-order valence-electron chi connectivity index (χ4n) is 3.99. The predicted octanol–water partition coefficient (Wildman–Crippen LogP) is 3.59. The third-order valence-corrected chi connectivity index (χ3v) is 7.65. The van der Waals surface area contributed by atoms with Crippen LogP contribution in [-0.2, 0) is 21.3 Å². The number of hydrogen-bond acceptors (Lipinski definition) is 6. The summed E-state index contributed by atoms with van der Waals surface area (Å²) in [5.74, 6) is -0.327. The van der Waals surface area contributed by atoms with E-state index in [1.807, 2.05) is 6.92 Å². The second-order valence-corrected chi connectivity index (χ2v) is 9.21. The van der Waals surface area contributed by atoms with Crippen LogP contribution in [0.4, 0.5) is 0 Å². The summed E-state index contributed by atoms with van der Waals surface area (Å²) in [6.45, 7) is 11.1. The Morgan fingerprint density at radius 3 is 2.16 bits per heavy atom. The first-order chi connectivity index (χ1) is 15.1. The highest BCUT2D eigenvalue weighted by molar-refractivity contribution is 7.89. The van der Waals surface area contributed by atoms with Crippen LogP contribution in [0.1, 0.15) is 59.8 Å². The highest BCUT2D eigenvalue weighted by Gasteiger charge is 2.35. The van der Waals surface area contributed by atoms with Gasteiger partial charge in [-0.2, -0.15) is 4.31 Å². The van der Waals surface area contributed by atoms with E-state index in [2.05, 4.69) is 0 Å². The van der Waals surface area contributed by atoms with Crippen LogP contribution in [0.25, 0.3) is 0 Å². The van der Waals surface area contributed by atoms with Gasteiger partial charge in [0.2, 0.25) is 10.0 Å². The Balaban J connectivity index is 2.50. The summed E-state index contributed by atoms with van der Waals surface area (Å²) >= 11 is 0. The van der Waals surface area contributed by atoms with Gasteiger partial charge < -0.3 is 14.0 Å². The lowest BCUT2D eigenvalue weighted by Crippen LogP contribution is -2.43. The normalized spacial score (nSPS) is 12.6. The van der Waals surface area contributed by atoms with Crippen LogP contribution in [0.3, 0.4) is 0 Å². The molecule has 176 valence electrons. The Labute approximate surface area is 190 Å². The minimum absolute atomic E-state index is 0.0755. The lowest BCUT2D eigenvalue weighted by atomic mass is 10.0. The van der Waals surface area contributed by atoms with E-state index in [0.717, 1.165) is 0 Å². The molecule has 1 atom stereocenters. The van der Waals surface area contributed by atoms with E-state index in [4.69, 9.17) is 9.47 Å². The zero-order valence-corrected chi connectivity index (χ0v) is 20.6. The van der Waals surface area contributed by atoms with Gasteiger partial charge in [-0.1, -0.05) is 6.92 Å². The first-order valence-corrected chi connectivity index (χ1v) is 12.1. The maximum absolute atomic E-state index is 13.5. The number of esters is 1. The molecule has 2 rings (SSSR count). The van der Waals surface area contributed by atoms with Crippen molar-refractivity contribution in [2.75, 3.05) is 20.3 Å². The Morgan fingerprint density at radius 2 is 1.69 bits per heavy atom. The number of sulfonamides is 1. The fraction of sp³-hybridized carbons (Fsp3) is 0.478. The van der Waals surface area contributed by atoms with Crippen molar-refractivity contribution in [2.24, 2.45) is 0 Å². The van der Waals surface area contributed by atoms with Gasteiger partial charge in [0.05, 0.1) is 24.7 Å². The number of ether oxygens (including phenoxy) is 2. The molecule has 1 unspecified atom stereocenters. The molecule has 0 spiro atoms. The Morgan fingerprint density at radius 1 is 1.09 bits per heavy atom. The summed E-state index contributed by atoms with van der Waals surface area (Å²) in [6, 6.07) is 5.07. The number of nitrogens with zero attached hydrogens (tertiary/aromatic N) is 2. The highest BCUT2D eigenvalue weighted by atomic mass is 32.2. The van der Waals surface area contributed by atoms with Gasteiger partial charge in [-0.15, -0.1) is 0 Å². The molecule has 1 heterocycles. The van der Waals surface area contributed by atoms with Gasteiger partial charge in [0.25, 0.3) is 0 Å². The molecule has 0 radical (unpaired) electrons. The number of ketones is 1. The van der Waals surface area contributed by atoms with Crippen LogP contribution in [-0.4, -0.2) is 55.3 Å². The number of likely N-dealkylation sites (N-methyl/N-ethyl adjacent to an activating group) is 1. The number of methoxy groups -OCH3 is 1. The summed E-state index contributed by atoms with van der Waals surface area (Å²) in [5.41, 5.74) is 1.79. The number of aromatic nitrogens is 1. The summed E-state index contributed by atoms with van der Waals surface area (Å²) in [6.07, 6.45) is 0. The second-order valence-electron chi connectivity index (χ2n) is 7.32. The molecule has 0 fully saturated rings. The Hall–Kier alpha value is -2.65. The van der Waals surface area contributed by atoms with Crippen molar-refractivity contribution in [1.82, 2.24) is 8.87 Å². The third-order valence-electron chi connectivity index (χ3n) is 5.59. The predicted molar refractivity (Wildman–Crippen MR) is 122 cm³/mol. The molecule has 0 N–H and O–H groups in total. The van der Waals surface area contributed by atoms with Crippen LogP contribution in [0.15, 0.2) is 29.2 Å². The van der Waals surface area contributed by atoms with E-state index >= 15 is 0 Å². The number of hydrogen-bond donors (Lipinski definition) is 0. The molecule has 0 saturated carbocycles. The molecule has 0 aliphatic rings. The van der Waals surface area contributed by atoms with Gasteiger partial charge in [0.15, 0.2) is 5.78 Å². The number of Topliss-reactive ketones (excluding diaryl/α,β-unsaturated/α-hetero) is 1. The lowest BCUT2D eigenvalue weighted by molar-refractivity contribution is 0.0512. The number of rotatable bonds is 10. The summed E-state index contributed by atoms with van der Waals surface area (Å²) in [5, 5.41) is 0. The van der Waals surface area contributed by atoms with Crippen molar-refractivity contribution in [1.29, 1.82) is 0 Å². The van der Waals surface area contributed by atoms with E-state index < -0.39 is 22.0 Å². The van der Waals surface area contributed by atoms with E-state index in [-0.39, 0.29) is 23.8 Å². The van der Waals surface area contributed by atoms with Gasteiger partial charge in [0.1, 0.15) is 11.4 Å². The summed E-state index contributed by atoms with van der Waals surface area (Å²) in [4.78, 5) is 26.1. The fourth-order valence-corrected chi connectivity index (χ4v) is 5.59. The van der Waals surface area contributed by atoms with E-state index in [1.165, 1.54) is 23.5 Å². The topological polar surface area (TPSA) is 94.9 Å². The van der Waals surface area contributed by atoms with Crippen LogP contribution in [0, 0.1) is 13.8 Å². The van der Waals surface area contributed by atoms with Crippen molar-refractivity contribution < 1.29 is 27.5 Å². The molecule has 0 amide bonds. The van der Waals surface area contributed by atoms with Crippen LogP contribution in [0.5, 0.6) is 5.75 Å². The molecule has 8 nitrogen and oxygen atoms in total. The van der Waals surface area contributed by atoms with Crippen molar-refractivity contribution in [3.05, 3.63) is 46.8 Å². The smallest absolute Gasteiger partial charge is 0.355 e. The summed E-state index contributed by atoms with van der Waals surface area (Å²) < 4.78 is 39.7. The quantitative estimate of drug-likeness (QED) is 0.394. The van der Waals surface area contributed by atoms with Crippen LogP contribution >= 0.6 is 0 Å². The second kappa shape index (κ2) is 10.3. The standard InChI is InChI=1S/C23H32N2O6S/c1-8-24-16(5)20(15(4)21(24)23(27)31-10-3)22(26)17(6)25(9-2)32(28,29)19-13-11-18(30-7)12-14-19/h11-14,17H,8-10H2,1-7H3. The molecule has 2 aromatic rings. The molecular formula is C23H32N2O6S. The van der Waals surface area contributed by atoms with Gasteiger partial charge in [-0.05, 0) is 64.4 Å². The Bertz CT molecular complexity index is 1090. The maximum atomic E-state index is 13.5. The Kier molecular flexibility index (Phi) is 8.25. The first kappa shape index (κ1) is 25.6. The van der Waals surface area contributed by atoms with Crippen molar-refractivity contribution in [2.45, 2.75) is 59.0 Å². The van der Waals surface area contributed by atoms with Crippen LogP contribution < -0.4 is 4.74 Å². The minimum Gasteiger partial charge on any atom is -0.497 e. The number of benzene rings is 1. The average molecular weight is 465 g/mol. The minimum atomic E-state index is -3.93. The molecule has 32 heavy (non-hydrogen) atoms. The van der Waals surface area contributed by atoms with Gasteiger partial charge >= 0.3 is 5.97 Å². The van der Waals surface area contributed by atoms with Crippen molar-refractivity contribution in [3.63, 3.8) is 0 Å². The molecule has 1 aromatic carbocycles. The van der Waals surface area contributed by atoms with E-state index in [1.54, 1.807) is 51.3 Å². The monoisotopic (exact) mass is 464 g/mol. The van der Waals surface area contributed by atoms with Crippen molar-refractivity contribution in [3.8, 4) is 5.75 Å². The molecule has 0 aliphatic heterocycles. The lowest BCUT2D eigenvalue weighted by Gasteiger charge is -2.26. The number of carbonyl (C=O) groups is 2. The largest absolute Gasteiger partial charge is 0.497 e. The van der Waals surface area contributed by atoms with E-state index in [0.29, 0.717) is 34.8 Å². The van der Waals surface area contributed by atoms with E-state index in [9.17, 15) is 18.0 Å². The molecular weight excluding hydrogens is 432 g/mol. The first-order valence-electron chi connectivity index (χ1n) is 10.6. The molecule has 0 saturated heterocycles. The zero-order chi connectivity index (χ0) is 24.2. The van der Waals surface area contributed by atoms with Gasteiger partial charge in [-0.3, -0.25) is 4.79 Å². The average Bonchev–Trinajstić information content (AvgIpc) is 3.02. The maximum Gasteiger partial charge on any atom is 0.355 e. The van der Waals surface area contributed by atoms with Gasteiger partial charge in [-0.25, -0.2) is 13.2 Å². The number of carbonyl (C=O) groups excluding carboxylic acids is 2. The van der Waals surface area contributed by atoms with Crippen molar-refractivity contribution >= 4 is 21.8 Å². The molecule has 1 aromatic heterocycles. The highest BCUT2D eigenvalue weighted by Crippen LogP contribution is 2.28. The molecule has 9 heteroatoms. The zero-order valence-electron chi connectivity index (χ0n) is 19.8. The molecule has 0 bridgehead atoms. The summed E-state index contributed by atoms with van der Waals surface area (Å²) in [7, 11) is -2.43. The molecule has 0 aliphatic carbocycles. The van der Waals surface area contributed by atoms with Crippen LogP contribution in [0.2, 0.25) is 0 Å². The third kappa shape index (κ3) is 4.59. The SMILES string of the molecule is CCOC(=O)c1c(C)c(C(=O)C(C)N(CC)S(=O)(=O)c2ccc(OC)cc2)c(C)n1CC.